The molecule has 0 saturated carbocycles. The van der Waals surface area contributed by atoms with E-state index in [0.29, 0.717) is 0 Å². The van der Waals surface area contributed by atoms with Crippen LogP contribution in [0.3, 0.4) is 0 Å². The van der Waals surface area contributed by atoms with Gasteiger partial charge in [-0.05, 0) is 64.4 Å². The van der Waals surface area contributed by atoms with Crippen molar-refractivity contribution in [1.82, 2.24) is 4.57 Å². The molecule has 0 amide bonds. The lowest BCUT2D eigenvalue weighted by molar-refractivity contribution is 0.568. The number of hydrogen-bond acceptors (Lipinski definition) is 1. The maximum absolute atomic E-state index is 3.66. The van der Waals surface area contributed by atoms with Gasteiger partial charge in [-0.3, -0.25) is 0 Å². The van der Waals surface area contributed by atoms with Crippen molar-refractivity contribution in [3.8, 4) is 5.69 Å². The minimum absolute atomic E-state index is 0.0643. The van der Waals surface area contributed by atoms with Gasteiger partial charge in [0.15, 0.2) is 0 Å². The summed E-state index contributed by atoms with van der Waals surface area (Å²) in [5.74, 6) is 0. The molecule has 2 nitrogen and oxygen atoms in total. The largest absolute Gasteiger partial charge is 0.355 e. The van der Waals surface area contributed by atoms with E-state index in [-0.39, 0.29) is 10.8 Å². The number of rotatable bonds is 3. The lowest BCUT2D eigenvalue weighted by atomic mass is 9.80. The van der Waals surface area contributed by atoms with Crippen LogP contribution in [0.15, 0.2) is 91.0 Å². The maximum Gasteiger partial charge on any atom is 0.0562 e. The highest BCUT2D eigenvalue weighted by Crippen LogP contribution is 2.39. The Morgan fingerprint density at radius 3 is 1.82 bits per heavy atom. The van der Waals surface area contributed by atoms with Crippen LogP contribution in [-0.2, 0) is 10.8 Å². The Morgan fingerprint density at radius 2 is 1.18 bits per heavy atom. The molecule has 0 atom stereocenters. The van der Waals surface area contributed by atoms with Crippen LogP contribution < -0.4 is 5.32 Å². The molecule has 0 aliphatic heterocycles. The summed E-state index contributed by atoms with van der Waals surface area (Å²) in [7, 11) is 0. The second-order valence-electron chi connectivity index (χ2n) is 11.3. The molecule has 0 fully saturated rings. The standard InChI is InChI=1S/C32H34N2/c1-31(2,3)22-19-23(32(4,5)6)21-25(20-22)34-28-17-11-10-15-26(28)30-27(16-12-18-29(30)34)33-24-13-8-7-9-14-24/h7-21,33H,1-6H3. The zero-order valence-corrected chi connectivity index (χ0v) is 21.1. The minimum atomic E-state index is 0.0643. The first-order chi connectivity index (χ1) is 16.1. The van der Waals surface area contributed by atoms with Crippen molar-refractivity contribution in [1.29, 1.82) is 0 Å². The molecule has 5 rings (SSSR count). The van der Waals surface area contributed by atoms with E-state index in [1.165, 1.54) is 38.6 Å². The van der Waals surface area contributed by atoms with E-state index >= 15 is 0 Å². The summed E-state index contributed by atoms with van der Waals surface area (Å²) in [5, 5.41) is 6.17. The number of fused-ring (bicyclic) bond motifs is 3. The van der Waals surface area contributed by atoms with Gasteiger partial charge in [-0.25, -0.2) is 0 Å². The van der Waals surface area contributed by atoms with E-state index < -0.39 is 0 Å². The summed E-state index contributed by atoms with van der Waals surface area (Å²) in [6, 6.07) is 32.9. The van der Waals surface area contributed by atoms with Crippen LogP contribution in [-0.4, -0.2) is 4.57 Å². The van der Waals surface area contributed by atoms with Crippen LogP contribution >= 0.6 is 0 Å². The average Bonchev–Trinajstić information content (AvgIpc) is 3.14. The van der Waals surface area contributed by atoms with Crippen molar-refractivity contribution in [3.05, 3.63) is 102 Å². The molecule has 1 heterocycles. The van der Waals surface area contributed by atoms with Crippen LogP contribution in [0.2, 0.25) is 0 Å². The molecule has 0 saturated heterocycles. The van der Waals surface area contributed by atoms with Gasteiger partial charge in [0.25, 0.3) is 0 Å². The Balaban J connectivity index is 1.82. The fourth-order valence-electron chi connectivity index (χ4n) is 4.68. The Bertz CT molecular complexity index is 1440. The molecule has 2 heteroatoms. The monoisotopic (exact) mass is 446 g/mol. The second kappa shape index (κ2) is 8.06. The van der Waals surface area contributed by atoms with Crippen molar-refractivity contribution >= 4 is 33.2 Å². The fraction of sp³-hybridized carbons (Fsp3) is 0.250. The smallest absolute Gasteiger partial charge is 0.0562 e. The van der Waals surface area contributed by atoms with Crippen molar-refractivity contribution in [2.75, 3.05) is 5.32 Å². The van der Waals surface area contributed by atoms with E-state index in [2.05, 4.69) is 136 Å². The van der Waals surface area contributed by atoms with Gasteiger partial charge in [0.2, 0.25) is 0 Å². The van der Waals surface area contributed by atoms with Crippen LogP contribution in [0.4, 0.5) is 11.4 Å². The van der Waals surface area contributed by atoms with E-state index in [0.717, 1.165) is 11.4 Å². The molecular formula is C32H34N2. The molecule has 4 aromatic carbocycles. The maximum atomic E-state index is 3.66. The quantitative estimate of drug-likeness (QED) is 0.292. The third-order valence-corrected chi connectivity index (χ3v) is 6.66. The van der Waals surface area contributed by atoms with Gasteiger partial charge in [-0.2, -0.15) is 0 Å². The summed E-state index contributed by atoms with van der Waals surface area (Å²) in [4.78, 5) is 0. The zero-order chi connectivity index (χ0) is 24.1. The molecule has 1 N–H and O–H groups in total. The topological polar surface area (TPSA) is 17.0 Å². The lowest BCUT2D eigenvalue weighted by Gasteiger charge is -2.26. The van der Waals surface area contributed by atoms with E-state index in [9.17, 15) is 0 Å². The summed E-state index contributed by atoms with van der Waals surface area (Å²) >= 11 is 0. The molecule has 0 aliphatic carbocycles. The Kier molecular flexibility index (Phi) is 5.28. The van der Waals surface area contributed by atoms with E-state index in [4.69, 9.17) is 0 Å². The average molecular weight is 447 g/mol. The normalized spacial score (nSPS) is 12.4. The van der Waals surface area contributed by atoms with Crippen molar-refractivity contribution < 1.29 is 0 Å². The highest BCUT2D eigenvalue weighted by molar-refractivity contribution is 6.15. The van der Waals surface area contributed by atoms with Crippen LogP contribution in [0.25, 0.3) is 27.5 Å². The number of para-hydroxylation sites is 2. The highest BCUT2D eigenvalue weighted by atomic mass is 15.0. The van der Waals surface area contributed by atoms with Crippen molar-refractivity contribution in [2.45, 2.75) is 52.4 Å². The Morgan fingerprint density at radius 1 is 0.588 bits per heavy atom. The first kappa shape index (κ1) is 22.3. The van der Waals surface area contributed by atoms with Crippen LogP contribution in [0.5, 0.6) is 0 Å². The van der Waals surface area contributed by atoms with E-state index in [1.807, 2.05) is 6.07 Å². The Labute approximate surface area is 203 Å². The number of nitrogens with one attached hydrogen (secondary N) is 1. The van der Waals surface area contributed by atoms with Gasteiger partial charge in [0.05, 0.1) is 11.0 Å². The molecule has 0 unspecified atom stereocenters. The number of benzene rings is 4. The molecule has 0 aliphatic rings. The van der Waals surface area contributed by atoms with Gasteiger partial charge < -0.3 is 9.88 Å². The van der Waals surface area contributed by atoms with Crippen molar-refractivity contribution in [3.63, 3.8) is 0 Å². The van der Waals surface area contributed by atoms with Gasteiger partial charge >= 0.3 is 0 Å². The SMILES string of the molecule is CC(C)(C)c1cc(-n2c3ccccc3c3c(Nc4ccccc4)cccc32)cc(C(C)(C)C)c1. The number of hydrogen-bond donors (Lipinski definition) is 1. The van der Waals surface area contributed by atoms with Gasteiger partial charge in [0.1, 0.15) is 0 Å². The van der Waals surface area contributed by atoms with Gasteiger partial charge in [-0.15, -0.1) is 0 Å². The predicted molar refractivity (Wildman–Crippen MR) is 148 cm³/mol. The molecule has 172 valence electrons. The number of anilines is 2. The summed E-state index contributed by atoms with van der Waals surface area (Å²) in [6.07, 6.45) is 0. The third-order valence-electron chi connectivity index (χ3n) is 6.66. The fourth-order valence-corrected chi connectivity index (χ4v) is 4.68. The summed E-state index contributed by atoms with van der Waals surface area (Å²) in [5.41, 5.74) is 8.74. The lowest BCUT2D eigenvalue weighted by Crippen LogP contribution is -2.17. The second-order valence-corrected chi connectivity index (χ2v) is 11.3. The first-order valence-corrected chi connectivity index (χ1v) is 12.1. The number of aromatic nitrogens is 1. The summed E-state index contributed by atoms with van der Waals surface area (Å²) in [6.45, 7) is 13.8. The molecule has 34 heavy (non-hydrogen) atoms. The molecule has 5 aromatic rings. The number of nitrogens with zero attached hydrogens (tertiary/aromatic N) is 1. The third kappa shape index (κ3) is 3.98. The molecule has 0 bridgehead atoms. The van der Waals surface area contributed by atoms with Crippen LogP contribution in [0.1, 0.15) is 52.7 Å². The first-order valence-electron chi connectivity index (χ1n) is 12.1. The molecule has 1 aromatic heterocycles. The molecule has 0 radical (unpaired) electrons. The summed E-state index contributed by atoms with van der Waals surface area (Å²) < 4.78 is 2.44. The van der Waals surface area contributed by atoms with E-state index in [1.54, 1.807) is 0 Å². The molecule has 0 spiro atoms. The van der Waals surface area contributed by atoms with Gasteiger partial charge in [0, 0.05) is 27.8 Å². The zero-order valence-electron chi connectivity index (χ0n) is 21.1. The van der Waals surface area contributed by atoms with Crippen molar-refractivity contribution in [2.24, 2.45) is 0 Å². The highest BCUT2D eigenvalue weighted by Gasteiger charge is 2.23. The predicted octanol–water partition coefficient (Wildman–Crippen LogP) is 9.12. The van der Waals surface area contributed by atoms with Crippen LogP contribution in [0, 0.1) is 0 Å². The van der Waals surface area contributed by atoms with Gasteiger partial charge in [-0.1, -0.05) is 90.1 Å². The minimum Gasteiger partial charge on any atom is -0.355 e. The molecular weight excluding hydrogens is 412 g/mol. The Hall–Kier alpha value is -3.52.